The van der Waals surface area contributed by atoms with Gasteiger partial charge in [-0.15, -0.1) is 0 Å². The van der Waals surface area contributed by atoms with E-state index in [1.807, 2.05) is 18.2 Å². The van der Waals surface area contributed by atoms with Crippen LogP contribution in [0, 0.1) is 0 Å². The van der Waals surface area contributed by atoms with Crippen LogP contribution >= 0.6 is 31.9 Å². The minimum absolute atomic E-state index is 0.0814. The van der Waals surface area contributed by atoms with Gasteiger partial charge in [-0.2, -0.15) is 0 Å². The number of benzene rings is 2. The number of sulfonamides is 1. The molecule has 2 N–H and O–H groups in total. The summed E-state index contributed by atoms with van der Waals surface area (Å²) in [4.78, 5) is 14.6. The molecule has 1 heterocycles. The second-order valence-corrected chi connectivity index (χ2v) is 8.85. The van der Waals surface area contributed by atoms with Crippen molar-refractivity contribution < 1.29 is 13.2 Å². The highest BCUT2D eigenvalue weighted by atomic mass is 79.9. The summed E-state index contributed by atoms with van der Waals surface area (Å²) < 4.78 is 24.6. The van der Waals surface area contributed by atoms with Gasteiger partial charge in [-0.3, -0.25) is 4.79 Å². The van der Waals surface area contributed by atoms with Gasteiger partial charge in [0.15, 0.2) is 0 Å². The maximum absolute atomic E-state index is 13.0. The van der Waals surface area contributed by atoms with E-state index in [1.54, 1.807) is 4.90 Å². The lowest BCUT2D eigenvalue weighted by Crippen LogP contribution is -2.35. The van der Waals surface area contributed by atoms with Crippen molar-refractivity contribution in [3.8, 4) is 0 Å². The molecule has 1 aliphatic rings. The largest absolute Gasteiger partial charge is 0.308 e. The number of nitrogens with two attached hydrogens (primary N) is 1. The highest BCUT2D eigenvalue weighted by Gasteiger charge is 2.26. The third kappa shape index (κ3) is 3.42. The van der Waals surface area contributed by atoms with Crippen molar-refractivity contribution in [2.75, 3.05) is 11.4 Å². The molecule has 0 spiro atoms. The molecule has 5 nitrogen and oxygen atoms in total. The van der Waals surface area contributed by atoms with Crippen LogP contribution in [0.15, 0.2) is 50.2 Å². The maximum Gasteiger partial charge on any atom is 0.259 e. The van der Waals surface area contributed by atoms with Crippen molar-refractivity contribution in [1.29, 1.82) is 0 Å². The van der Waals surface area contributed by atoms with Gasteiger partial charge in [0.2, 0.25) is 10.0 Å². The molecule has 2 aromatic carbocycles. The Morgan fingerprint density at radius 1 is 1.12 bits per heavy atom. The lowest BCUT2D eigenvalue weighted by molar-refractivity contribution is 0.0984. The first-order chi connectivity index (χ1) is 11.3. The molecule has 126 valence electrons. The van der Waals surface area contributed by atoms with Crippen LogP contribution in [0.3, 0.4) is 0 Å². The zero-order valence-corrected chi connectivity index (χ0v) is 16.5. The maximum atomic E-state index is 13.0. The van der Waals surface area contributed by atoms with E-state index in [0.29, 0.717) is 11.0 Å². The Labute approximate surface area is 157 Å². The van der Waals surface area contributed by atoms with Crippen LogP contribution in [0.2, 0.25) is 0 Å². The SMILES string of the molecule is NS(=O)(=O)c1ccc(Br)c(C(=O)N2CCCc3cc(Br)ccc32)c1. The number of hydrogen-bond donors (Lipinski definition) is 1. The fourth-order valence-electron chi connectivity index (χ4n) is 2.77. The lowest BCUT2D eigenvalue weighted by Gasteiger charge is -2.30. The van der Waals surface area contributed by atoms with E-state index in [2.05, 4.69) is 31.9 Å². The van der Waals surface area contributed by atoms with Gasteiger partial charge in [-0.1, -0.05) is 15.9 Å². The zero-order valence-electron chi connectivity index (χ0n) is 12.5. The molecule has 0 unspecified atom stereocenters. The van der Waals surface area contributed by atoms with Crippen LogP contribution in [0.4, 0.5) is 5.69 Å². The Morgan fingerprint density at radius 2 is 1.88 bits per heavy atom. The number of aryl methyl sites for hydroxylation is 1. The first-order valence-electron chi connectivity index (χ1n) is 7.20. The number of carbonyl (C=O) groups excluding carboxylic acids is 1. The van der Waals surface area contributed by atoms with Crippen molar-refractivity contribution in [2.45, 2.75) is 17.7 Å². The van der Waals surface area contributed by atoms with Crippen molar-refractivity contribution >= 4 is 53.5 Å². The number of fused-ring (bicyclic) bond motifs is 1. The fraction of sp³-hybridized carbons (Fsp3) is 0.188. The molecule has 0 bridgehead atoms. The van der Waals surface area contributed by atoms with Crippen molar-refractivity contribution in [1.82, 2.24) is 0 Å². The highest BCUT2D eigenvalue weighted by Crippen LogP contribution is 2.32. The smallest absolute Gasteiger partial charge is 0.259 e. The molecule has 0 fully saturated rings. The van der Waals surface area contributed by atoms with Crippen LogP contribution in [-0.2, 0) is 16.4 Å². The molecule has 8 heteroatoms. The third-order valence-electron chi connectivity index (χ3n) is 3.90. The second-order valence-electron chi connectivity index (χ2n) is 5.52. The molecule has 0 saturated carbocycles. The molecule has 0 radical (unpaired) electrons. The zero-order chi connectivity index (χ0) is 17.5. The molecule has 3 rings (SSSR count). The van der Waals surface area contributed by atoms with Gasteiger partial charge in [0, 0.05) is 21.2 Å². The molecular formula is C16H14Br2N2O3S. The minimum Gasteiger partial charge on any atom is -0.308 e. The van der Waals surface area contributed by atoms with Gasteiger partial charge >= 0.3 is 0 Å². The summed E-state index contributed by atoms with van der Waals surface area (Å²) in [5.74, 6) is -0.254. The van der Waals surface area contributed by atoms with E-state index in [0.717, 1.165) is 28.6 Å². The lowest BCUT2D eigenvalue weighted by atomic mass is 10.0. The molecule has 0 aliphatic carbocycles. The predicted molar refractivity (Wildman–Crippen MR) is 99.7 cm³/mol. The Bertz CT molecular complexity index is 929. The normalized spacial score (nSPS) is 14.4. The van der Waals surface area contributed by atoms with Gasteiger partial charge in [0.25, 0.3) is 5.91 Å². The first-order valence-corrected chi connectivity index (χ1v) is 10.3. The summed E-state index contributed by atoms with van der Waals surface area (Å²) in [7, 11) is -3.87. The number of carbonyl (C=O) groups is 1. The van der Waals surface area contributed by atoms with E-state index in [4.69, 9.17) is 5.14 Å². The molecular weight excluding hydrogens is 460 g/mol. The topological polar surface area (TPSA) is 80.5 Å². The summed E-state index contributed by atoms with van der Waals surface area (Å²) in [5.41, 5.74) is 2.21. The Hall–Kier alpha value is -1.22. The van der Waals surface area contributed by atoms with Gasteiger partial charge in [0.05, 0.1) is 10.5 Å². The van der Waals surface area contributed by atoms with Crippen LogP contribution in [0.5, 0.6) is 0 Å². The number of amides is 1. The van der Waals surface area contributed by atoms with E-state index in [1.165, 1.54) is 18.2 Å². The summed E-state index contributed by atoms with van der Waals surface area (Å²) >= 11 is 6.77. The number of nitrogens with zero attached hydrogens (tertiary/aromatic N) is 1. The quantitative estimate of drug-likeness (QED) is 0.725. The average molecular weight is 474 g/mol. The molecule has 0 saturated heterocycles. The van der Waals surface area contributed by atoms with Crippen LogP contribution in [0.25, 0.3) is 0 Å². The Kier molecular flexibility index (Phi) is 4.83. The summed E-state index contributed by atoms with van der Waals surface area (Å²) in [6, 6.07) is 10.0. The highest BCUT2D eigenvalue weighted by molar-refractivity contribution is 9.10. The number of hydrogen-bond acceptors (Lipinski definition) is 3. The number of halogens is 2. The monoisotopic (exact) mass is 472 g/mol. The van der Waals surface area contributed by atoms with Gasteiger partial charge in [-0.25, -0.2) is 13.6 Å². The van der Waals surface area contributed by atoms with Crippen molar-refractivity contribution in [3.63, 3.8) is 0 Å². The summed E-state index contributed by atoms with van der Waals surface area (Å²) in [6.45, 7) is 0.583. The van der Waals surface area contributed by atoms with Crippen molar-refractivity contribution in [2.24, 2.45) is 5.14 Å². The van der Waals surface area contributed by atoms with Gasteiger partial charge in [-0.05, 0) is 70.7 Å². The minimum atomic E-state index is -3.87. The Morgan fingerprint density at radius 3 is 2.58 bits per heavy atom. The first kappa shape index (κ1) is 17.6. The summed E-state index contributed by atoms with van der Waals surface area (Å²) in [5, 5.41) is 5.17. The number of anilines is 1. The summed E-state index contributed by atoms with van der Waals surface area (Å²) in [6.07, 6.45) is 1.75. The van der Waals surface area contributed by atoms with Crippen LogP contribution < -0.4 is 10.0 Å². The molecule has 2 aromatic rings. The van der Waals surface area contributed by atoms with E-state index in [-0.39, 0.29) is 16.4 Å². The molecule has 0 atom stereocenters. The van der Waals surface area contributed by atoms with Crippen molar-refractivity contribution in [3.05, 3.63) is 56.5 Å². The molecule has 0 aromatic heterocycles. The standard InChI is InChI=1S/C16H14Br2N2O3S/c17-11-3-6-15-10(8-11)2-1-7-20(15)16(21)13-9-12(24(19,22)23)4-5-14(13)18/h3-6,8-9H,1-2,7H2,(H2,19,22,23). The van der Waals surface area contributed by atoms with Gasteiger partial charge in [0.1, 0.15) is 0 Å². The van der Waals surface area contributed by atoms with E-state index in [9.17, 15) is 13.2 Å². The molecule has 24 heavy (non-hydrogen) atoms. The number of primary sulfonamides is 1. The Balaban J connectivity index is 2.05. The van der Waals surface area contributed by atoms with Crippen LogP contribution in [-0.4, -0.2) is 20.9 Å². The fourth-order valence-corrected chi connectivity index (χ4v) is 4.13. The molecule has 1 amide bonds. The van der Waals surface area contributed by atoms with Gasteiger partial charge < -0.3 is 4.90 Å². The molecule has 1 aliphatic heterocycles. The second kappa shape index (κ2) is 6.59. The third-order valence-corrected chi connectivity index (χ3v) is 6.00. The number of rotatable bonds is 2. The average Bonchev–Trinajstić information content (AvgIpc) is 2.52. The van der Waals surface area contributed by atoms with Crippen LogP contribution in [0.1, 0.15) is 22.3 Å². The van der Waals surface area contributed by atoms with E-state index >= 15 is 0 Å². The predicted octanol–water partition coefficient (Wildman–Crippen LogP) is 3.45. The van der Waals surface area contributed by atoms with E-state index < -0.39 is 10.0 Å².